The van der Waals surface area contributed by atoms with Crippen molar-refractivity contribution in [2.24, 2.45) is 11.8 Å². The lowest BCUT2D eigenvalue weighted by atomic mass is 9.90. The predicted molar refractivity (Wildman–Crippen MR) is 41.4 cm³/mol. The number of aliphatic carboxylic acids is 1. The van der Waals surface area contributed by atoms with Gasteiger partial charge in [0, 0.05) is 11.9 Å². The molecule has 0 radical (unpaired) electrons. The standard InChI is InChI=1S/C8H14O5/c1-4(2)5(7(10)11)6(9)8(12)13-3/h4-6,9H,1-3H3,(H,10,11)/p-1/t5-,6+/m0/s1. The Morgan fingerprint density at radius 1 is 1.38 bits per heavy atom. The zero-order valence-corrected chi connectivity index (χ0v) is 7.81. The van der Waals surface area contributed by atoms with Gasteiger partial charge in [0.1, 0.15) is 0 Å². The van der Waals surface area contributed by atoms with Gasteiger partial charge in [0.05, 0.1) is 7.11 Å². The number of hydrogen-bond donors (Lipinski definition) is 1. The molecule has 0 aromatic rings. The van der Waals surface area contributed by atoms with Gasteiger partial charge in [-0.2, -0.15) is 0 Å². The average molecular weight is 189 g/mol. The van der Waals surface area contributed by atoms with E-state index in [1.165, 1.54) is 0 Å². The Morgan fingerprint density at radius 2 is 1.85 bits per heavy atom. The summed E-state index contributed by atoms with van der Waals surface area (Å²) in [5, 5.41) is 19.7. The number of carbonyl (C=O) groups is 2. The van der Waals surface area contributed by atoms with E-state index in [1.54, 1.807) is 13.8 Å². The van der Waals surface area contributed by atoms with Gasteiger partial charge < -0.3 is 19.7 Å². The monoisotopic (exact) mass is 189 g/mol. The second-order valence-electron chi connectivity index (χ2n) is 3.06. The van der Waals surface area contributed by atoms with Crippen molar-refractivity contribution in [1.82, 2.24) is 0 Å². The SMILES string of the molecule is COC(=O)[C@H](O)[C@@H](C(=O)[O-])C(C)C. The summed E-state index contributed by atoms with van der Waals surface area (Å²) in [6.45, 7) is 3.15. The molecule has 5 heteroatoms. The molecule has 0 fully saturated rings. The molecule has 0 amide bonds. The molecule has 0 heterocycles. The molecule has 5 nitrogen and oxygen atoms in total. The van der Waals surface area contributed by atoms with Gasteiger partial charge in [0.25, 0.3) is 0 Å². The molecule has 0 bridgehead atoms. The summed E-state index contributed by atoms with van der Waals surface area (Å²) in [6.07, 6.45) is -1.66. The van der Waals surface area contributed by atoms with E-state index in [4.69, 9.17) is 0 Å². The molecule has 2 atom stereocenters. The van der Waals surface area contributed by atoms with Crippen molar-refractivity contribution in [2.75, 3.05) is 7.11 Å². The van der Waals surface area contributed by atoms with Crippen LogP contribution in [-0.4, -0.2) is 30.3 Å². The summed E-state index contributed by atoms with van der Waals surface area (Å²) in [5.74, 6) is -4.03. The highest BCUT2D eigenvalue weighted by atomic mass is 16.5. The van der Waals surface area contributed by atoms with E-state index < -0.39 is 24.0 Å². The van der Waals surface area contributed by atoms with Gasteiger partial charge in [-0.15, -0.1) is 0 Å². The van der Waals surface area contributed by atoms with Crippen molar-refractivity contribution in [3.63, 3.8) is 0 Å². The van der Waals surface area contributed by atoms with Crippen molar-refractivity contribution in [3.05, 3.63) is 0 Å². The van der Waals surface area contributed by atoms with E-state index in [-0.39, 0.29) is 5.92 Å². The van der Waals surface area contributed by atoms with Gasteiger partial charge in [-0.1, -0.05) is 13.8 Å². The zero-order chi connectivity index (χ0) is 10.6. The van der Waals surface area contributed by atoms with Crippen LogP contribution in [0.4, 0.5) is 0 Å². The Balaban J connectivity index is 4.55. The highest BCUT2D eigenvalue weighted by molar-refractivity contribution is 5.81. The van der Waals surface area contributed by atoms with Crippen molar-refractivity contribution < 1.29 is 24.5 Å². The smallest absolute Gasteiger partial charge is 0.335 e. The summed E-state index contributed by atoms with van der Waals surface area (Å²) in [5.41, 5.74) is 0. The minimum atomic E-state index is -1.66. The first-order valence-corrected chi connectivity index (χ1v) is 3.88. The highest BCUT2D eigenvalue weighted by Gasteiger charge is 2.30. The van der Waals surface area contributed by atoms with Crippen molar-refractivity contribution >= 4 is 11.9 Å². The van der Waals surface area contributed by atoms with Crippen LogP contribution in [-0.2, 0) is 14.3 Å². The summed E-state index contributed by atoms with van der Waals surface area (Å²) in [4.78, 5) is 21.3. The van der Waals surface area contributed by atoms with Crippen LogP contribution in [0.2, 0.25) is 0 Å². The molecule has 0 saturated heterocycles. The number of rotatable bonds is 4. The minimum Gasteiger partial charge on any atom is -0.550 e. The van der Waals surface area contributed by atoms with E-state index >= 15 is 0 Å². The summed E-state index contributed by atoms with van der Waals surface area (Å²) >= 11 is 0. The predicted octanol–water partition coefficient (Wildman–Crippen LogP) is -1.46. The van der Waals surface area contributed by atoms with Gasteiger partial charge in [0.15, 0.2) is 6.10 Å². The molecule has 0 aliphatic rings. The zero-order valence-electron chi connectivity index (χ0n) is 7.81. The van der Waals surface area contributed by atoms with Crippen molar-refractivity contribution in [1.29, 1.82) is 0 Å². The number of ether oxygens (including phenoxy) is 1. The number of aliphatic hydroxyl groups excluding tert-OH is 1. The van der Waals surface area contributed by atoms with E-state index in [2.05, 4.69) is 4.74 Å². The normalized spacial score (nSPS) is 15.2. The summed E-state index contributed by atoms with van der Waals surface area (Å²) < 4.78 is 4.21. The van der Waals surface area contributed by atoms with Crippen LogP contribution in [0.5, 0.6) is 0 Å². The third-order valence-electron chi connectivity index (χ3n) is 1.77. The van der Waals surface area contributed by atoms with Crippen molar-refractivity contribution in [3.8, 4) is 0 Å². The van der Waals surface area contributed by atoms with Gasteiger partial charge in [-0.05, 0) is 5.92 Å². The topological polar surface area (TPSA) is 86.7 Å². The maximum Gasteiger partial charge on any atom is 0.335 e. The van der Waals surface area contributed by atoms with Gasteiger partial charge >= 0.3 is 5.97 Å². The number of carbonyl (C=O) groups excluding carboxylic acids is 2. The molecule has 13 heavy (non-hydrogen) atoms. The molecule has 0 aliphatic carbocycles. The minimum absolute atomic E-state index is 0.390. The van der Waals surface area contributed by atoms with Gasteiger partial charge in [-0.25, -0.2) is 4.79 Å². The lowest BCUT2D eigenvalue weighted by Gasteiger charge is -2.25. The molecular weight excluding hydrogens is 176 g/mol. The molecule has 0 spiro atoms. The number of hydrogen-bond acceptors (Lipinski definition) is 5. The Hall–Kier alpha value is -1.10. The molecule has 0 aromatic heterocycles. The number of methoxy groups -OCH3 is 1. The number of esters is 1. The van der Waals surface area contributed by atoms with Crippen LogP contribution in [0.25, 0.3) is 0 Å². The first kappa shape index (κ1) is 11.9. The lowest BCUT2D eigenvalue weighted by Crippen LogP contribution is -2.45. The summed E-state index contributed by atoms with van der Waals surface area (Å²) in [6, 6.07) is 0. The number of carboxylic acids is 1. The van der Waals surface area contributed by atoms with Gasteiger partial charge in [-0.3, -0.25) is 0 Å². The van der Waals surface area contributed by atoms with Crippen molar-refractivity contribution in [2.45, 2.75) is 20.0 Å². The van der Waals surface area contributed by atoms with Crippen LogP contribution >= 0.6 is 0 Å². The molecule has 0 rings (SSSR count). The maximum absolute atomic E-state index is 10.8. The Bertz CT molecular complexity index is 199. The highest BCUT2D eigenvalue weighted by Crippen LogP contribution is 2.15. The largest absolute Gasteiger partial charge is 0.550 e. The van der Waals surface area contributed by atoms with E-state index in [0.717, 1.165) is 7.11 Å². The molecule has 0 unspecified atom stereocenters. The van der Waals surface area contributed by atoms with Crippen LogP contribution < -0.4 is 5.11 Å². The number of carboxylic acid groups (broad SMARTS) is 1. The first-order chi connectivity index (χ1) is 5.91. The van der Waals surface area contributed by atoms with Gasteiger partial charge in [0.2, 0.25) is 0 Å². The van der Waals surface area contributed by atoms with Crippen LogP contribution in [0.3, 0.4) is 0 Å². The van der Waals surface area contributed by atoms with Crippen LogP contribution in [0.1, 0.15) is 13.8 Å². The van der Waals surface area contributed by atoms with Crippen LogP contribution in [0, 0.1) is 11.8 Å². The second kappa shape index (κ2) is 4.81. The third kappa shape index (κ3) is 3.02. The first-order valence-electron chi connectivity index (χ1n) is 3.88. The Kier molecular flexibility index (Phi) is 4.40. The fraction of sp³-hybridized carbons (Fsp3) is 0.750. The summed E-state index contributed by atoms with van der Waals surface area (Å²) in [7, 11) is 1.08. The molecule has 0 aliphatic heterocycles. The van der Waals surface area contributed by atoms with E-state index in [1.807, 2.05) is 0 Å². The average Bonchev–Trinajstić information content (AvgIpc) is 2.01. The molecule has 1 N–H and O–H groups in total. The number of aliphatic hydroxyl groups is 1. The molecule has 76 valence electrons. The van der Waals surface area contributed by atoms with E-state index in [0.29, 0.717) is 0 Å². The van der Waals surface area contributed by atoms with Crippen LogP contribution in [0.15, 0.2) is 0 Å². The fourth-order valence-corrected chi connectivity index (χ4v) is 1.03. The molecule has 0 saturated carbocycles. The quantitative estimate of drug-likeness (QED) is 0.546. The Labute approximate surface area is 76.3 Å². The molecular formula is C8H13O5-. The maximum atomic E-state index is 10.8. The third-order valence-corrected chi connectivity index (χ3v) is 1.77. The fourth-order valence-electron chi connectivity index (χ4n) is 1.03. The lowest BCUT2D eigenvalue weighted by molar-refractivity contribution is -0.316. The van der Waals surface area contributed by atoms with E-state index in [9.17, 15) is 19.8 Å². The Morgan fingerprint density at radius 3 is 2.08 bits per heavy atom. The molecule has 0 aromatic carbocycles. The second-order valence-corrected chi connectivity index (χ2v) is 3.06.